The summed E-state index contributed by atoms with van der Waals surface area (Å²) in [6, 6.07) is 11.5. The van der Waals surface area contributed by atoms with E-state index in [-0.39, 0.29) is 18.6 Å². The Hall–Kier alpha value is -2.02. The van der Waals surface area contributed by atoms with Gasteiger partial charge in [-0.15, -0.1) is 0 Å². The molecule has 0 aliphatic rings. The summed E-state index contributed by atoms with van der Waals surface area (Å²) in [4.78, 5) is 13.3. The van der Waals surface area contributed by atoms with E-state index < -0.39 is 0 Å². The normalized spacial score (nSPS) is 9.76. The van der Waals surface area contributed by atoms with Gasteiger partial charge < -0.3 is 10.2 Å². The zero-order valence-corrected chi connectivity index (χ0v) is 10.2. The molecule has 0 fully saturated rings. The number of rotatable bonds is 4. The summed E-state index contributed by atoms with van der Waals surface area (Å²) in [5, 5.41) is 11.4. The Morgan fingerprint density at radius 1 is 1.41 bits per heavy atom. The quantitative estimate of drug-likeness (QED) is 0.807. The lowest BCUT2D eigenvalue weighted by molar-refractivity contribution is 0.190. The van der Waals surface area contributed by atoms with E-state index >= 15 is 0 Å². The molecule has 0 spiro atoms. The smallest absolute Gasteiger partial charge is 0.318 e. The molecule has 4 nitrogen and oxygen atoms in total. The molecular weight excluding hydrogens is 214 g/mol. The summed E-state index contributed by atoms with van der Waals surface area (Å²) in [5.74, 6) is 0. The highest BCUT2D eigenvalue weighted by Gasteiger charge is 2.15. The third-order valence-corrected chi connectivity index (χ3v) is 2.41. The molecule has 0 radical (unpaired) electrons. The monoisotopic (exact) mass is 231 g/mol. The molecule has 4 heteroatoms. The minimum atomic E-state index is -0.203. The molecule has 0 aliphatic heterocycles. The molecule has 0 saturated heterocycles. The number of nitrogens with one attached hydrogen (secondary N) is 1. The van der Waals surface area contributed by atoms with Crippen LogP contribution in [0.4, 0.5) is 4.79 Å². The molecule has 1 aromatic rings. The van der Waals surface area contributed by atoms with Gasteiger partial charge in [-0.3, -0.25) is 0 Å². The maximum Gasteiger partial charge on any atom is 0.318 e. The van der Waals surface area contributed by atoms with E-state index in [0.29, 0.717) is 6.54 Å². The Morgan fingerprint density at radius 2 is 2.06 bits per heavy atom. The zero-order chi connectivity index (χ0) is 12.7. The second-order valence-corrected chi connectivity index (χ2v) is 4.02. The average Bonchev–Trinajstić information content (AvgIpc) is 2.34. The van der Waals surface area contributed by atoms with Gasteiger partial charge in [-0.2, -0.15) is 5.26 Å². The first-order valence-electron chi connectivity index (χ1n) is 5.60. The third-order valence-electron chi connectivity index (χ3n) is 2.41. The van der Waals surface area contributed by atoms with Crippen LogP contribution < -0.4 is 5.32 Å². The van der Waals surface area contributed by atoms with Crippen molar-refractivity contribution in [2.45, 2.75) is 26.4 Å². The van der Waals surface area contributed by atoms with E-state index in [9.17, 15) is 4.79 Å². The number of carbonyl (C=O) groups is 1. The minimum Gasteiger partial charge on any atom is -0.334 e. The first-order valence-corrected chi connectivity index (χ1v) is 5.60. The molecule has 1 aromatic carbocycles. The van der Waals surface area contributed by atoms with Crippen LogP contribution in [0.3, 0.4) is 0 Å². The highest BCUT2D eigenvalue weighted by molar-refractivity contribution is 5.74. The molecule has 0 heterocycles. The summed E-state index contributed by atoms with van der Waals surface area (Å²) in [5.41, 5.74) is 1.04. The van der Waals surface area contributed by atoms with Crippen LogP contribution in [-0.4, -0.2) is 23.5 Å². The maximum atomic E-state index is 11.8. The number of urea groups is 1. The highest BCUT2D eigenvalue weighted by atomic mass is 16.2. The van der Waals surface area contributed by atoms with Crippen molar-refractivity contribution >= 4 is 6.03 Å². The van der Waals surface area contributed by atoms with Crippen molar-refractivity contribution in [2.75, 3.05) is 6.54 Å². The van der Waals surface area contributed by atoms with Gasteiger partial charge in [0.2, 0.25) is 0 Å². The SMILES string of the molecule is CC(C)N(CC#N)C(=O)NCc1ccccc1. The summed E-state index contributed by atoms with van der Waals surface area (Å²) >= 11 is 0. The summed E-state index contributed by atoms with van der Waals surface area (Å²) in [7, 11) is 0. The molecule has 0 unspecified atom stereocenters. The minimum absolute atomic E-state index is 0.0189. The number of nitrogens with zero attached hydrogens (tertiary/aromatic N) is 2. The van der Waals surface area contributed by atoms with E-state index in [1.165, 1.54) is 4.90 Å². The first kappa shape index (κ1) is 13.0. The van der Waals surface area contributed by atoms with Crippen LogP contribution in [-0.2, 0) is 6.54 Å². The molecule has 0 saturated carbocycles. The Bertz CT molecular complexity index is 395. The van der Waals surface area contributed by atoms with Gasteiger partial charge in [0.1, 0.15) is 6.54 Å². The molecule has 17 heavy (non-hydrogen) atoms. The molecule has 0 atom stereocenters. The van der Waals surface area contributed by atoms with Crippen molar-refractivity contribution in [3.8, 4) is 6.07 Å². The van der Waals surface area contributed by atoms with Gasteiger partial charge in [0, 0.05) is 12.6 Å². The lowest BCUT2D eigenvalue weighted by atomic mass is 10.2. The molecule has 0 aromatic heterocycles. The zero-order valence-electron chi connectivity index (χ0n) is 10.2. The highest BCUT2D eigenvalue weighted by Crippen LogP contribution is 2.01. The number of nitriles is 1. The molecular formula is C13H17N3O. The van der Waals surface area contributed by atoms with Crippen molar-refractivity contribution in [1.29, 1.82) is 5.26 Å². The number of carbonyl (C=O) groups excluding carboxylic acids is 1. The van der Waals surface area contributed by atoms with E-state index in [0.717, 1.165) is 5.56 Å². The number of benzene rings is 1. The lowest BCUT2D eigenvalue weighted by Gasteiger charge is -2.24. The second-order valence-electron chi connectivity index (χ2n) is 4.02. The van der Waals surface area contributed by atoms with Crippen LogP contribution in [0.15, 0.2) is 30.3 Å². The molecule has 90 valence electrons. The van der Waals surface area contributed by atoms with E-state index in [2.05, 4.69) is 5.32 Å². The predicted molar refractivity (Wildman–Crippen MR) is 66.1 cm³/mol. The van der Waals surface area contributed by atoms with Crippen molar-refractivity contribution in [3.63, 3.8) is 0 Å². The number of hydrogen-bond acceptors (Lipinski definition) is 2. The van der Waals surface area contributed by atoms with Gasteiger partial charge in [-0.05, 0) is 19.4 Å². The molecule has 2 amide bonds. The van der Waals surface area contributed by atoms with Crippen LogP contribution in [0.1, 0.15) is 19.4 Å². The van der Waals surface area contributed by atoms with Gasteiger partial charge >= 0.3 is 6.03 Å². The van der Waals surface area contributed by atoms with Crippen molar-refractivity contribution in [2.24, 2.45) is 0 Å². The van der Waals surface area contributed by atoms with Gasteiger partial charge in [-0.25, -0.2) is 4.79 Å². The fourth-order valence-electron chi connectivity index (χ4n) is 1.44. The predicted octanol–water partition coefficient (Wildman–Crippen LogP) is 2.13. The van der Waals surface area contributed by atoms with Crippen molar-refractivity contribution in [1.82, 2.24) is 10.2 Å². The van der Waals surface area contributed by atoms with Crippen molar-refractivity contribution < 1.29 is 4.79 Å². The summed E-state index contributed by atoms with van der Waals surface area (Å²) in [6.07, 6.45) is 0. The fourth-order valence-corrected chi connectivity index (χ4v) is 1.44. The van der Waals surface area contributed by atoms with Crippen LogP contribution in [0.25, 0.3) is 0 Å². The van der Waals surface area contributed by atoms with Crippen LogP contribution in [0, 0.1) is 11.3 Å². The van der Waals surface area contributed by atoms with Crippen LogP contribution in [0.2, 0.25) is 0 Å². The van der Waals surface area contributed by atoms with Crippen LogP contribution in [0.5, 0.6) is 0 Å². The van der Waals surface area contributed by atoms with E-state index in [1.807, 2.05) is 50.2 Å². The maximum absolute atomic E-state index is 11.8. The fraction of sp³-hybridized carbons (Fsp3) is 0.385. The van der Waals surface area contributed by atoms with Gasteiger partial charge in [0.25, 0.3) is 0 Å². The molecule has 0 bridgehead atoms. The summed E-state index contributed by atoms with van der Waals surface area (Å²) in [6.45, 7) is 4.37. The Morgan fingerprint density at radius 3 is 2.59 bits per heavy atom. The molecule has 0 aliphatic carbocycles. The van der Waals surface area contributed by atoms with E-state index in [1.54, 1.807) is 0 Å². The van der Waals surface area contributed by atoms with E-state index in [4.69, 9.17) is 5.26 Å². The lowest BCUT2D eigenvalue weighted by Crippen LogP contribution is -2.43. The van der Waals surface area contributed by atoms with Crippen LogP contribution >= 0.6 is 0 Å². The Kier molecular flexibility index (Phi) is 5.02. The first-order chi connectivity index (χ1) is 8.15. The van der Waals surface area contributed by atoms with Crippen molar-refractivity contribution in [3.05, 3.63) is 35.9 Å². The molecule has 1 N–H and O–H groups in total. The molecule has 1 rings (SSSR count). The van der Waals surface area contributed by atoms with Gasteiger partial charge in [0.05, 0.1) is 6.07 Å². The Labute approximate surface area is 102 Å². The second kappa shape index (κ2) is 6.54. The Balaban J connectivity index is 2.51. The summed E-state index contributed by atoms with van der Waals surface area (Å²) < 4.78 is 0. The van der Waals surface area contributed by atoms with Gasteiger partial charge in [0.15, 0.2) is 0 Å². The third kappa shape index (κ3) is 4.15. The van der Waals surface area contributed by atoms with Gasteiger partial charge in [-0.1, -0.05) is 30.3 Å². The topological polar surface area (TPSA) is 56.1 Å². The average molecular weight is 231 g/mol. The number of amides is 2. The number of hydrogen-bond donors (Lipinski definition) is 1. The largest absolute Gasteiger partial charge is 0.334 e. The standard InChI is InChI=1S/C13H17N3O/c1-11(2)16(9-8-14)13(17)15-10-12-6-4-3-5-7-12/h3-7,11H,9-10H2,1-2H3,(H,15,17).